The van der Waals surface area contributed by atoms with Gasteiger partial charge in [-0.25, -0.2) is 4.39 Å². The first kappa shape index (κ1) is 26.5. The van der Waals surface area contributed by atoms with Crippen LogP contribution in [0.2, 0.25) is 18.1 Å². The lowest BCUT2D eigenvalue weighted by Crippen LogP contribution is -2.41. The van der Waals surface area contributed by atoms with Crippen LogP contribution in [0.4, 0.5) is 4.39 Å². The molecule has 0 atom stereocenters. The van der Waals surface area contributed by atoms with Crippen LogP contribution < -0.4 is 5.46 Å². The van der Waals surface area contributed by atoms with Crippen molar-refractivity contribution < 1.29 is 27.6 Å². The van der Waals surface area contributed by atoms with Crippen molar-refractivity contribution in [3.63, 3.8) is 0 Å². The maximum absolute atomic E-state index is 14.6. The SMILES string of the molecule is C1COCCO1.CC1(C)OB(c2ccc(CO[Si](C)(C)C(C)(C)C)c(F)c2)OC1(C)C. The van der Waals surface area contributed by atoms with Crippen LogP contribution in [0.25, 0.3) is 0 Å². The van der Waals surface area contributed by atoms with Crippen molar-refractivity contribution in [3.8, 4) is 0 Å². The van der Waals surface area contributed by atoms with Gasteiger partial charge in [-0.2, -0.15) is 0 Å². The Kier molecular flexibility index (Phi) is 8.56. The zero-order valence-electron chi connectivity index (χ0n) is 20.8. The van der Waals surface area contributed by atoms with E-state index >= 15 is 0 Å². The van der Waals surface area contributed by atoms with Crippen molar-refractivity contribution in [2.45, 2.75) is 84.4 Å². The van der Waals surface area contributed by atoms with Crippen molar-refractivity contribution in [2.75, 3.05) is 26.4 Å². The Bertz CT molecular complexity index is 702. The average molecular weight is 454 g/mol. The molecule has 0 saturated carbocycles. The molecular weight excluding hydrogens is 414 g/mol. The molecule has 2 heterocycles. The molecule has 2 saturated heterocycles. The highest BCUT2D eigenvalue weighted by atomic mass is 28.4. The number of rotatable bonds is 4. The zero-order valence-corrected chi connectivity index (χ0v) is 21.8. The Morgan fingerprint density at radius 2 is 1.45 bits per heavy atom. The molecule has 2 aliphatic rings. The molecule has 0 bridgehead atoms. The molecular formula is C23H40BFO5Si. The maximum Gasteiger partial charge on any atom is 0.494 e. The second kappa shape index (κ2) is 10.0. The third-order valence-corrected chi connectivity index (χ3v) is 11.2. The first-order valence-corrected chi connectivity index (χ1v) is 14.0. The summed E-state index contributed by atoms with van der Waals surface area (Å²) in [6.45, 7) is 22.2. The molecule has 0 radical (unpaired) electrons. The van der Waals surface area contributed by atoms with Gasteiger partial charge in [-0.3, -0.25) is 0 Å². The molecule has 8 heteroatoms. The molecule has 0 aliphatic carbocycles. The van der Waals surface area contributed by atoms with Crippen LogP contribution in [-0.2, 0) is 29.8 Å². The summed E-state index contributed by atoms with van der Waals surface area (Å²) in [7, 11) is -2.45. The van der Waals surface area contributed by atoms with E-state index < -0.39 is 26.6 Å². The van der Waals surface area contributed by atoms with Gasteiger partial charge in [0.1, 0.15) is 5.82 Å². The number of ether oxygens (including phenoxy) is 2. The van der Waals surface area contributed by atoms with Crippen molar-refractivity contribution in [2.24, 2.45) is 0 Å². The Morgan fingerprint density at radius 3 is 1.84 bits per heavy atom. The lowest BCUT2D eigenvalue weighted by molar-refractivity contribution is -0.0334. The summed E-state index contributed by atoms with van der Waals surface area (Å²) in [6, 6.07) is 5.16. The van der Waals surface area contributed by atoms with Gasteiger partial charge in [0.2, 0.25) is 0 Å². The fourth-order valence-electron chi connectivity index (χ4n) is 2.72. The van der Waals surface area contributed by atoms with Gasteiger partial charge in [0.15, 0.2) is 8.32 Å². The summed E-state index contributed by atoms with van der Waals surface area (Å²) in [5.41, 5.74) is 0.411. The molecule has 1 aromatic carbocycles. The first-order valence-electron chi connectivity index (χ1n) is 11.1. The van der Waals surface area contributed by atoms with Crippen molar-refractivity contribution >= 4 is 20.9 Å². The van der Waals surface area contributed by atoms with Gasteiger partial charge < -0.3 is 23.2 Å². The monoisotopic (exact) mass is 454 g/mol. The standard InChI is InChI=1S/C19H32BFO3Si.C4H8O2/c1-17(2,3)25(8,9)22-13-14-10-11-15(12-16(14)21)20-23-18(4,5)19(6,7)24-20;1-2-6-4-3-5-1/h10-12H,13H2,1-9H3;1-4H2. The van der Waals surface area contributed by atoms with Gasteiger partial charge in [0.25, 0.3) is 0 Å². The van der Waals surface area contributed by atoms with Crippen LogP contribution in [0.5, 0.6) is 0 Å². The van der Waals surface area contributed by atoms with E-state index in [4.69, 9.17) is 23.2 Å². The molecule has 2 aliphatic heterocycles. The molecule has 31 heavy (non-hydrogen) atoms. The quantitative estimate of drug-likeness (QED) is 0.619. The lowest BCUT2D eigenvalue weighted by atomic mass is 9.79. The van der Waals surface area contributed by atoms with E-state index in [0.717, 1.165) is 26.4 Å². The molecule has 5 nitrogen and oxygen atoms in total. The van der Waals surface area contributed by atoms with E-state index in [1.165, 1.54) is 6.07 Å². The predicted molar refractivity (Wildman–Crippen MR) is 126 cm³/mol. The highest BCUT2D eigenvalue weighted by molar-refractivity contribution is 6.74. The van der Waals surface area contributed by atoms with Crippen LogP contribution >= 0.6 is 0 Å². The van der Waals surface area contributed by atoms with Gasteiger partial charge in [-0.1, -0.05) is 32.9 Å². The third-order valence-electron chi connectivity index (χ3n) is 6.74. The van der Waals surface area contributed by atoms with Crippen LogP contribution in [0.15, 0.2) is 18.2 Å². The summed E-state index contributed by atoms with van der Waals surface area (Å²) in [5.74, 6) is -0.272. The van der Waals surface area contributed by atoms with E-state index in [2.05, 4.69) is 33.9 Å². The van der Waals surface area contributed by atoms with E-state index in [-0.39, 0.29) is 10.9 Å². The average Bonchev–Trinajstić information content (AvgIpc) is 2.89. The normalized spacial score (nSPS) is 20.9. The van der Waals surface area contributed by atoms with E-state index in [9.17, 15) is 4.39 Å². The van der Waals surface area contributed by atoms with Crippen molar-refractivity contribution in [3.05, 3.63) is 29.6 Å². The number of hydrogen-bond donors (Lipinski definition) is 0. The van der Waals surface area contributed by atoms with Crippen molar-refractivity contribution in [1.29, 1.82) is 0 Å². The minimum atomic E-state index is -1.90. The van der Waals surface area contributed by atoms with Gasteiger partial charge in [0, 0.05) is 5.56 Å². The molecule has 176 valence electrons. The largest absolute Gasteiger partial charge is 0.494 e. The van der Waals surface area contributed by atoms with Gasteiger partial charge in [0.05, 0.1) is 44.2 Å². The van der Waals surface area contributed by atoms with Crippen molar-refractivity contribution in [1.82, 2.24) is 0 Å². The Labute approximate surface area is 189 Å². The minimum Gasteiger partial charge on any atom is -0.412 e. The molecule has 0 amide bonds. The van der Waals surface area contributed by atoms with Gasteiger partial charge in [-0.05, 0) is 57.4 Å². The Balaban J connectivity index is 0.000000488. The maximum atomic E-state index is 14.6. The number of benzene rings is 1. The summed E-state index contributed by atoms with van der Waals surface area (Å²) in [6.07, 6.45) is 0. The summed E-state index contributed by atoms with van der Waals surface area (Å²) < 4.78 is 42.6. The highest BCUT2D eigenvalue weighted by Crippen LogP contribution is 2.38. The Morgan fingerprint density at radius 1 is 0.968 bits per heavy atom. The predicted octanol–water partition coefficient (Wildman–Crippen LogP) is 4.68. The van der Waals surface area contributed by atoms with Crippen LogP contribution in [-0.4, -0.2) is 53.1 Å². The molecule has 0 spiro atoms. The first-order chi connectivity index (χ1) is 14.2. The Hall–Kier alpha value is -0.768. The van der Waals surface area contributed by atoms with Crippen LogP contribution in [0, 0.1) is 5.82 Å². The van der Waals surface area contributed by atoms with E-state index in [0.29, 0.717) is 17.6 Å². The fraction of sp³-hybridized carbons (Fsp3) is 0.739. The molecule has 3 rings (SSSR count). The molecule has 1 aromatic rings. The van der Waals surface area contributed by atoms with Crippen LogP contribution in [0.1, 0.15) is 54.0 Å². The molecule has 0 aromatic heterocycles. The summed E-state index contributed by atoms with van der Waals surface area (Å²) >= 11 is 0. The second-order valence-electron chi connectivity index (χ2n) is 10.7. The molecule has 0 N–H and O–H groups in total. The van der Waals surface area contributed by atoms with Gasteiger partial charge >= 0.3 is 7.12 Å². The number of halogens is 1. The third kappa shape index (κ3) is 6.86. The molecule has 2 fully saturated rings. The van der Waals surface area contributed by atoms with Gasteiger partial charge in [-0.15, -0.1) is 0 Å². The number of hydrogen-bond acceptors (Lipinski definition) is 5. The smallest absolute Gasteiger partial charge is 0.412 e. The minimum absolute atomic E-state index is 0.103. The summed E-state index contributed by atoms with van der Waals surface area (Å²) in [5, 5.41) is 0.103. The zero-order chi connectivity index (χ0) is 23.5. The second-order valence-corrected chi connectivity index (χ2v) is 15.5. The van der Waals surface area contributed by atoms with E-state index in [1.54, 1.807) is 6.07 Å². The highest BCUT2D eigenvalue weighted by Gasteiger charge is 2.51. The van der Waals surface area contributed by atoms with E-state index in [1.807, 2.05) is 33.8 Å². The van der Waals surface area contributed by atoms with Crippen LogP contribution in [0.3, 0.4) is 0 Å². The molecule has 0 unspecified atom stereocenters. The lowest BCUT2D eigenvalue weighted by Gasteiger charge is -2.36. The summed E-state index contributed by atoms with van der Waals surface area (Å²) in [4.78, 5) is 0. The fourth-order valence-corrected chi connectivity index (χ4v) is 3.67. The topological polar surface area (TPSA) is 46.2 Å².